The van der Waals surface area contributed by atoms with Crippen molar-refractivity contribution in [2.45, 2.75) is 3.92 Å². The first-order valence-electron chi connectivity index (χ1n) is 2.60. The van der Waals surface area contributed by atoms with Crippen LogP contribution < -0.4 is 11.5 Å². The van der Waals surface area contributed by atoms with Crippen molar-refractivity contribution >= 4 is 21.9 Å². The molecule has 0 saturated heterocycles. The summed E-state index contributed by atoms with van der Waals surface area (Å²) in [5.74, 6) is 0. The number of rotatable bonds is 1. The van der Waals surface area contributed by atoms with Crippen molar-refractivity contribution in [3.8, 4) is 0 Å². The summed E-state index contributed by atoms with van der Waals surface area (Å²) in [7, 11) is 0. The molecule has 0 saturated carbocycles. The molecule has 44 valence electrons. The Bertz CT molecular complexity index is 104. The van der Waals surface area contributed by atoms with Crippen LogP contribution in [-0.2, 0) is 2.85 Å². The fourth-order valence-corrected chi connectivity index (χ4v) is 4.37. The SMILES string of the molecule is N[CH](N)[In]1[CH]=CC[O]1. The van der Waals surface area contributed by atoms with E-state index >= 15 is 0 Å². The Hall–Kier alpha value is 0.490. The molecule has 0 aliphatic carbocycles. The molecule has 1 rings (SSSR count). The normalized spacial score (nSPS) is 18.6. The van der Waals surface area contributed by atoms with Crippen molar-refractivity contribution in [2.24, 2.45) is 11.5 Å². The second kappa shape index (κ2) is 2.87. The van der Waals surface area contributed by atoms with Gasteiger partial charge in [0.15, 0.2) is 0 Å². The van der Waals surface area contributed by atoms with E-state index in [0.717, 1.165) is 6.61 Å². The van der Waals surface area contributed by atoms with E-state index in [1.54, 1.807) is 0 Å². The van der Waals surface area contributed by atoms with E-state index in [9.17, 15) is 0 Å². The number of hydrogen-bond acceptors (Lipinski definition) is 3. The van der Waals surface area contributed by atoms with E-state index in [-0.39, 0.29) is 3.92 Å². The van der Waals surface area contributed by atoms with Gasteiger partial charge in [0.2, 0.25) is 0 Å². The zero-order chi connectivity index (χ0) is 5.98. The van der Waals surface area contributed by atoms with E-state index in [1.807, 2.05) is 6.08 Å². The zero-order valence-electron chi connectivity index (χ0n) is 4.58. The Balaban J connectivity index is 2.36. The average Bonchev–Trinajstić information content (AvgIpc) is 2.12. The molecule has 0 bridgehead atoms. The van der Waals surface area contributed by atoms with Gasteiger partial charge in [-0.3, -0.25) is 0 Å². The maximum atomic E-state index is 5.39. The van der Waals surface area contributed by atoms with Gasteiger partial charge in [-0.2, -0.15) is 0 Å². The Morgan fingerprint density at radius 1 is 1.62 bits per heavy atom. The molecule has 4 N–H and O–H groups in total. The summed E-state index contributed by atoms with van der Waals surface area (Å²) in [4.78, 5) is 0. The molecule has 0 fully saturated rings. The molecule has 0 aromatic carbocycles. The van der Waals surface area contributed by atoms with Gasteiger partial charge in [0, 0.05) is 0 Å². The summed E-state index contributed by atoms with van der Waals surface area (Å²) in [6, 6.07) is 0. The van der Waals surface area contributed by atoms with Crippen LogP contribution >= 0.6 is 0 Å². The van der Waals surface area contributed by atoms with Crippen molar-refractivity contribution < 1.29 is 2.85 Å². The van der Waals surface area contributed by atoms with Crippen LogP contribution in [0.15, 0.2) is 9.91 Å². The van der Waals surface area contributed by atoms with Crippen LogP contribution in [-0.4, -0.2) is 32.4 Å². The summed E-state index contributed by atoms with van der Waals surface area (Å²) in [5, 5.41) is 0. The van der Waals surface area contributed by atoms with E-state index in [2.05, 4.69) is 3.83 Å². The van der Waals surface area contributed by atoms with Gasteiger partial charge >= 0.3 is 56.6 Å². The quantitative estimate of drug-likeness (QED) is 0.546. The van der Waals surface area contributed by atoms with Crippen LogP contribution in [0.3, 0.4) is 0 Å². The first kappa shape index (κ1) is 6.61. The van der Waals surface area contributed by atoms with Gasteiger partial charge in [-0.05, 0) is 0 Å². The van der Waals surface area contributed by atoms with E-state index in [0.29, 0.717) is 0 Å². The van der Waals surface area contributed by atoms with Crippen LogP contribution in [0.2, 0.25) is 0 Å². The zero-order valence-corrected chi connectivity index (χ0v) is 7.88. The third kappa shape index (κ3) is 1.48. The maximum absolute atomic E-state index is 5.39. The Morgan fingerprint density at radius 2 is 2.38 bits per heavy atom. The third-order valence-corrected chi connectivity index (χ3v) is 6.76. The van der Waals surface area contributed by atoms with E-state index in [1.165, 1.54) is 0 Å². The van der Waals surface area contributed by atoms with Crippen molar-refractivity contribution in [3.05, 3.63) is 9.91 Å². The van der Waals surface area contributed by atoms with Crippen molar-refractivity contribution in [2.75, 3.05) is 6.61 Å². The summed E-state index contributed by atoms with van der Waals surface area (Å²) >= 11 is -1.90. The van der Waals surface area contributed by atoms with Gasteiger partial charge in [0.05, 0.1) is 0 Å². The van der Waals surface area contributed by atoms with Gasteiger partial charge in [0.1, 0.15) is 0 Å². The Labute approximate surface area is 56.8 Å². The van der Waals surface area contributed by atoms with Crippen LogP contribution in [0.25, 0.3) is 0 Å². The summed E-state index contributed by atoms with van der Waals surface area (Å²) < 4.78 is 7.20. The molecule has 0 amide bonds. The number of nitrogens with two attached hydrogens (primary N) is 2. The van der Waals surface area contributed by atoms with Gasteiger partial charge in [-0.25, -0.2) is 0 Å². The summed E-state index contributed by atoms with van der Waals surface area (Å²) in [6.07, 6.45) is 2.01. The molecular formula is C4H9InN2O. The van der Waals surface area contributed by atoms with Gasteiger partial charge < -0.3 is 0 Å². The Morgan fingerprint density at radius 3 is 2.62 bits per heavy atom. The van der Waals surface area contributed by atoms with E-state index < -0.39 is 21.9 Å². The Kier molecular flexibility index (Phi) is 2.37. The second-order valence-electron chi connectivity index (χ2n) is 1.80. The van der Waals surface area contributed by atoms with Gasteiger partial charge in [-0.15, -0.1) is 0 Å². The molecule has 1 aliphatic heterocycles. The molecule has 0 aromatic heterocycles. The first-order valence-corrected chi connectivity index (χ1v) is 7.75. The monoisotopic (exact) mass is 216 g/mol. The minimum atomic E-state index is -1.90. The minimum absolute atomic E-state index is 0.157. The summed E-state index contributed by atoms with van der Waals surface area (Å²) in [6.45, 7) is 0.742. The van der Waals surface area contributed by atoms with E-state index in [4.69, 9.17) is 14.3 Å². The van der Waals surface area contributed by atoms with Crippen LogP contribution in [0.1, 0.15) is 0 Å². The summed E-state index contributed by atoms with van der Waals surface area (Å²) in [5.41, 5.74) is 10.8. The fourth-order valence-electron chi connectivity index (χ4n) is 0.651. The molecule has 0 atom stereocenters. The molecule has 0 radical (unpaired) electrons. The molecule has 8 heavy (non-hydrogen) atoms. The second-order valence-corrected chi connectivity index (χ2v) is 8.70. The van der Waals surface area contributed by atoms with Gasteiger partial charge in [0.25, 0.3) is 0 Å². The standard InChI is InChI=1S/C3H4O.CH5N2.In/c1-2-3-4;2-1-3;/h1-2H,3H2;1H,2-3H2;/q-1;;+1. The van der Waals surface area contributed by atoms with Crippen molar-refractivity contribution in [1.82, 2.24) is 0 Å². The van der Waals surface area contributed by atoms with Crippen LogP contribution in [0.5, 0.6) is 0 Å². The predicted molar refractivity (Wildman–Crippen MR) is 33.0 cm³/mol. The average molecular weight is 216 g/mol. The third-order valence-electron chi connectivity index (χ3n) is 1.09. The molecule has 1 aliphatic rings. The van der Waals surface area contributed by atoms with Crippen molar-refractivity contribution in [1.29, 1.82) is 0 Å². The van der Waals surface area contributed by atoms with Crippen LogP contribution in [0.4, 0.5) is 0 Å². The predicted octanol–water partition coefficient (Wildman–Crippen LogP) is -1.11. The van der Waals surface area contributed by atoms with Crippen molar-refractivity contribution in [3.63, 3.8) is 0 Å². The molecule has 3 nitrogen and oxygen atoms in total. The molecule has 0 aromatic rings. The number of hydrogen-bond donors (Lipinski definition) is 2. The molecule has 0 unspecified atom stereocenters. The van der Waals surface area contributed by atoms with Crippen LogP contribution in [0, 0.1) is 0 Å². The van der Waals surface area contributed by atoms with Gasteiger partial charge in [-0.1, -0.05) is 0 Å². The molecular weight excluding hydrogens is 207 g/mol. The first-order chi connectivity index (χ1) is 3.80. The fraction of sp³-hybridized carbons (Fsp3) is 0.500. The molecule has 0 spiro atoms. The molecule has 4 heteroatoms. The topological polar surface area (TPSA) is 61.3 Å². The molecule has 1 heterocycles.